The van der Waals surface area contributed by atoms with Gasteiger partial charge in [0.1, 0.15) is 22.7 Å². The quantitative estimate of drug-likeness (QED) is 0.382. The number of rotatable bonds is 8. The number of carbonyl (C=O) groups excluding carboxylic acids is 2. The van der Waals surface area contributed by atoms with Crippen LogP contribution < -0.4 is 14.8 Å². The largest absolute Gasteiger partial charge is 0.497 e. The molecule has 0 aliphatic carbocycles. The minimum Gasteiger partial charge on any atom is -0.497 e. The first-order chi connectivity index (χ1) is 18.4. The fourth-order valence-electron chi connectivity index (χ4n) is 4.77. The van der Waals surface area contributed by atoms with Crippen molar-refractivity contribution in [3.05, 3.63) is 102 Å². The van der Waals surface area contributed by atoms with Gasteiger partial charge in [0.2, 0.25) is 5.91 Å². The van der Waals surface area contributed by atoms with Crippen molar-refractivity contribution >= 4 is 11.8 Å². The molecule has 0 unspecified atom stereocenters. The number of methoxy groups -OCH3 is 2. The number of hydrogen-bond donors (Lipinski definition) is 1. The highest BCUT2D eigenvalue weighted by molar-refractivity contribution is 6.00. The maximum absolute atomic E-state index is 13.9. The molecule has 0 bridgehead atoms. The van der Waals surface area contributed by atoms with Gasteiger partial charge in [0.15, 0.2) is 0 Å². The van der Waals surface area contributed by atoms with Crippen LogP contribution in [0.1, 0.15) is 28.5 Å². The summed E-state index contributed by atoms with van der Waals surface area (Å²) in [7, 11) is 3.22. The highest BCUT2D eigenvalue weighted by Gasteiger charge is 2.48. The van der Waals surface area contributed by atoms with Gasteiger partial charge in [-0.1, -0.05) is 48.5 Å². The maximum atomic E-state index is 13.9. The number of carbonyl (C=O) groups is 2. The highest BCUT2D eigenvalue weighted by Crippen LogP contribution is 2.32. The Hall–Kier alpha value is -4.59. The zero-order valence-corrected chi connectivity index (χ0v) is 21.7. The first-order valence-corrected chi connectivity index (χ1v) is 12.4. The molecule has 2 amide bonds. The molecule has 1 aliphatic rings. The van der Waals surface area contributed by atoms with E-state index in [2.05, 4.69) is 5.32 Å². The molecular weight excluding hydrogens is 480 g/mol. The van der Waals surface area contributed by atoms with Crippen molar-refractivity contribution in [2.24, 2.45) is 0 Å². The number of ether oxygens (including phenoxy) is 2. The fourth-order valence-corrected chi connectivity index (χ4v) is 4.77. The van der Waals surface area contributed by atoms with Gasteiger partial charge in [-0.15, -0.1) is 0 Å². The third-order valence-corrected chi connectivity index (χ3v) is 6.99. The molecule has 2 heterocycles. The third kappa shape index (κ3) is 4.72. The normalized spacial score (nSPS) is 16.6. The second-order valence-corrected chi connectivity index (χ2v) is 9.45. The number of aromatic nitrogens is 2. The number of amides is 2. The topological polar surface area (TPSA) is 85.7 Å². The predicted molar refractivity (Wildman–Crippen MR) is 144 cm³/mol. The van der Waals surface area contributed by atoms with E-state index in [1.807, 2.05) is 78.9 Å². The second-order valence-electron chi connectivity index (χ2n) is 9.45. The van der Waals surface area contributed by atoms with Crippen LogP contribution in [0.5, 0.6) is 11.5 Å². The van der Waals surface area contributed by atoms with Crippen LogP contribution in [0.2, 0.25) is 0 Å². The Bertz CT molecular complexity index is 1450. The van der Waals surface area contributed by atoms with E-state index in [9.17, 15) is 9.59 Å². The van der Waals surface area contributed by atoms with E-state index >= 15 is 0 Å². The second kappa shape index (κ2) is 10.4. The van der Waals surface area contributed by atoms with Crippen LogP contribution in [0.25, 0.3) is 11.3 Å². The molecule has 1 aromatic heterocycles. The molecule has 3 aromatic carbocycles. The van der Waals surface area contributed by atoms with E-state index in [1.165, 1.54) is 0 Å². The van der Waals surface area contributed by atoms with Gasteiger partial charge in [0, 0.05) is 24.2 Å². The van der Waals surface area contributed by atoms with Crippen molar-refractivity contribution in [3.8, 4) is 22.8 Å². The zero-order chi connectivity index (χ0) is 26.7. The number of fused-ring (bicyclic) bond motifs is 1. The third-order valence-electron chi connectivity index (χ3n) is 6.99. The predicted octanol–water partition coefficient (Wildman–Crippen LogP) is 4.30. The molecule has 0 radical (unpaired) electrons. The van der Waals surface area contributed by atoms with Crippen LogP contribution in [-0.4, -0.2) is 46.3 Å². The van der Waals surface area contributed by atoms with E-state index in [1.54, 1.807) is 36.8 Å². The van der Waals surface area contributed by atoms with E-state index in [-0.39, 0.29) is 24.9 Å². The number of nitrogens with one attached hydrogen (secondary N) is 1. The molecule has 0 fully saturated rings. The van der Waals surface area contributed by atoms with Crippen molar-refractivity contribution in [1.82, 2.24) is 20.0 Å². The van der Waals surface area contributed by atoms with Crippen LogP contribution in [0.15, 0.2) is 84.9 Å². The van der Waals surface area contributed by atoms with Crippen LogP contribution >= 0.6 is 0 Å². The van der Waals surface area contributed by atoms with Crippen molar-refractivity contribution < 1.29 is 19.1 Å². The highest BCUT2D eigenvalue weighted by atomic mass is 16.5. The van der Waals surface area contributed by atoms with Gasteiger partial charge < -0.3 is 19.7 Å². The first kappa shape index (κ1) is 25.1. The molecular formula is C30H30N4O4. The van der Waals surface area contributed by atoms with Crippen LogP contribution in [0, 0.1) is 0 Å². The smallest absolute Gasteiger partial charge is 0.273 e. The van der Waals surface area contributed by atoms with Gasteiger partial charge in [0.25, 0.3) is 5.91 Å². The fraction of sp³-hybridized carbons (Fsp3) is 0.233. The Labute approximate surface area is 221 Å². The van der Waals surface area contributed by atoms with Crippen LogP contribution in [0.3, 0.4) is 0 Å². The summed E-state index contributed by atoms with van der Waals surface area (Å²) in [6.07, 6.45) is 0. The van der Waals surface area contributed by atoms with Gasteiger partial charge >= 0.3 is 0 Å². The van der Waals surface area contributed by atoms with Crippen LogP contribution in [0.4, 0.5) is 0 Å². The minimum absolute atomic E-state index is 0.217. The minimum atomic E-state index is -1.18. The number of benzene rings is 3. The summed E-state index contributed by atoms with van der Waals surface area (Å²) in [5.41, 5.74) is 2.58. The lowest BCUT2D eigenvalue weighted by Gasteiger charge is -2.43. The van der Waals surface area contributed by atoms with Crippen molar-refractivity contribution in [2.45, 2.75) is 32.1 Å². The maximum Gasteiger partial charge on any atom is 0.273 e. The summed E-state index contributed by atoms with van der Waals surface area (Å²) in [5, 5.41) is 7.75. The Morgan fingerprint density at radius 3 is 2.39 bits per heavy atom. The van der Waals surface area contributed by atoms with E-state index in [0.717, 1.165) is 22.4 Å². The number of nitrogens with zero attached hydrogens (tertiary/aromatic N) is 3. The Morgan fingerprint density at radius 2 is 1.68 bits per heavy atom. The van der Waals surface area contributed by atoms with Gasteiger partial charge in [-0.05, 0) is 48.9 Å². The molecule has 4 aromatic rings. The SMILES string of the molecule is COc1ccc(-c2cc3n(n2)C[C@](C)(C(=O)NCc2ccccc2OC)N(Cc2ccccc2)C3=O)cc1. The summed E-state index contributed by atoms with van der Waals surface area (Å²) in [6, 6.07) is 26.5. The summed E-state index contributed by atoms with van der Waals surface area (Å²) in [4.78, 5) is 29.3. The average molecular weight is 511 g/mol. The van der Waals surface area contributed by atoms with E-state index < -0.39 is 5.54 Å². The lowest BCUT2D eigenvalue weighted by atomic mass is 9.94. The summed E-state index contributed by atoms with van der Waals surface area (Å²) in [5.74, 6) is 0.918. The zero-order valence-electron chi connectivity index (χ0n) is 21.7. The van der Waals surface area contributed by atoms with Crippen molar-refractivity contribution in [2.75, 3.05) is 14.2 Å². The van der Waals surface area contributed by atoms with Gasteiger partial charge in [-0.3, -0.25) is 14.3 Å². The van der Waals surface area contributed by atoms with Crippen LogP contribution in [-0.2, 0) is 24.4 Å². The standard InChI is InChI=1S/C30H30N4O4/c1-30(29(36)31-18-23-11-7-8-12-27(23)38-3)20-34-26(28(35)33(30)19-21-9-5-4-6-10-21)17-25(32-34)22-13-15-24(37-2)16-14-22/h4-17H,18-20H2,1-3H3,(H,31,36)/t30-/m1/s1. The Morgan fingerprint density at radius 1 is 0.974 bits per heavy atom. The monoisotopic (exact) mass is 510 g/mol. The molecule has 0 saturated carbocycles. The van der Waals surface area contributed by atoms with Gasteiger partial charge in [0.05, 0.1) is 26.5 Å². The molecule has 1 N–H and O–H groups in total. The first-order valence-electron chi connectivity index (χ1n) is 12.4. The lowest BCUT2D eigenvalue weighted by molar-refractivity contribution is -0.133. The van der Waals surface area contributed by atoms with E-state index in [0.29, 0.717) is 23.7 Å². The molecule has 5 rings (SSSR count). The molecule has 8 heteroatoms. The van der Waals surface area contributed by atoms with Gasteiger partial charge in [-0.2, -0.15) is 5.10 Å². The summed E-state index contributed by atoms with van der Waals surface area (Å²) in [6.45, 7) is 2.58. The molecule has 0 spiro atoms. The number of para-hydroxylation sites is 1. The molecule has 194 valence electrons. The molecule has 0 saturated heterocycles. The summed E-state index contributed by atoms with van der Waals surface area (Å²) < 4.78 is 12.3. The number of hydrogen-bond acceptors (Lipinski definition) is 5. The Balaban J connectivity index is 1.48. The lowest BCUT2D eigenvalue weighted by Crippen LogP contribution is -2.63. The molecule has 1 atom stereocenters. The molecule has 1 aliphatic heterocycles. The molecule has 8 nitrogen and oxygen atoms in total. The van der Waals surface area contributed by atoms with Gasteiger partial charge in [-0.25, -0.2) is 0 Å². The van der Waals surface area contributed by atoms with Crippen molar-refractivity contribution in [1.29, 1.82) is 0 Å². The Kier molecular flexibility index (Phi) is 6.87. The molecule has 38 heavy (non-hydrogen) atoms. The van der Waals surface area contributed by atoms with Crippen molar-refractivity contribution in [3.63, 3.8) is 0 Å². The summed E-state index contributed by atoms with van der Waals surface area (Å²) >= 11 is 0. The average Bonchev–Trinajstić information content (AvgIpc) is 3.38. The van der Waals surface area contributed by atoms with E-state index in [4.69, 9.17) is 14.6 Å².